The quantitative estimate of drug-likeness (QED) is 0.823. The molecule has 0 aliphatic carbocycles. The van der Waals surface area contributed by atoms with Gasteiger partial charge in [-0.3, -0.25) is 4.79 Å². The highest BCUT2D eigenvalue weighted by atomic mass is 79.9. The van der Waals surface area contributed by atoms with Gasteiger partial charge in [-0.05, 0) is 13.8 Å². The lowest BCUT2D eigenvalue weighted by atomic mass is 10.3. The van der Waals surface area contributed by atoms with Crippen LogP contribution in [-0.4, -0.2) is 22.3 Å². The number of hydrogen-bond donors (Lipinski definition) is 1. The molecule has 0 aromatic carbocycles. The van der Waals surface area contributed by atoms with E-state index in [1.54, 1.807) is 6.92 Å². The highest BCUT2D eigenvalue weighted by Crippen LogP contribution is 2.04. The fourth-order valence-electron chi connectivity index (χ4n) is 0.848. The third-order valence-corrected chi connectivity index (χ3v) is 2.53. The summed E-state index contributed by atoms with van der Waals surface area (Å²) in [6.07, 6.45) is 1.27. The van der Waals surface area contributed by atoms with Crippen LogP contribution < -0.4 is 5.32 Å². The van der Waals surface area contributed by atoms with E-state index in [4.69, 9.17) is 4.42 Å². The van der Waals surface area contributed by atoms with Crippen molar-refractivity contribution in [1.29, 1.82) is 0 Å². The minimum atomic E-state index is -0.220. The molecule has 4 nitrogen and oxygen atoms in total. The van der Waals surface area contributed by atoms with Gasteiger partial charge < -0.3 is 9.73 Å². The van der Waals surface area contributed by atoms with E-state index in [1.165, 1.54) is 6.39 Å². The lowest BCUT2D eigenvalue weighted by Crippen LogP contribution is -2.33. The van der Waals surface area contributed by atoms with Crippen molar-refractivity contribution in [2.75, 3.05) is 5.33 Å². The smallest absolute Gasteiger partial charge is 0.289 e. The summed E-state index contributed by atoms with van der Waals surface area (Å²) in [5.74, 6) is 0.0646. The number of carbonyl (C=O) groups excluding carboxylic acids is 1. The van der Waals surface area contributed by atoms with Crippen LogP contribution in [0.2, 0.25) is 0 Å². The Morgan fingerprint density at radius 2 is 2.54 bits per heavy atom. The summed E-state index contributed by atoms with van der Waals surface area (Å²) in [6.45, 7) is 3.63. The Bertz CT molecular complexity index is 298. The molecule has 0 saturated heterocycles. The number of nitrogens with one attached hydrogen (secondary N) is 1. The zero-order valence-corrected chi connectivity index (χ0v) is 9.09. The number of aryl methyl sites for hydroxylation is 1. The molecule has 0 bridgehead atoms. The first-order chi connectivity index (χ1) is 6.15. The van der Waals surface area contributed by atoms with Crippen molar-refractivity contribution in [3.8, 4) is 0 Å². The van der Waals surface area contributed by atoms with E-state index in [1.807, 2.05) is 6.92 Å². The van der Waals surface area contributed by atoms with Crippen LogP contribution in [0.1, 0.15) is 23.2 Å². The Morgan fingerprint density at radius 3 is 3.00 bits per heavy atom. The molecule has 1 aromatic heterocycles. The molecule has 0 fully saturated rings. The molecule has 0 aliphatic heterocycles. The number of alkyl halides is 1. The standard InChI is InChI=1S/C8H11BrN2O2/c1-5(3-9)11-8(12)7-6(2)10-4-13-7/h4-5H,3H2,1-2H3,(H,11,12). The first-order valence-electron chi connectivity index (χ1n) is 3.92. The van der Waals surface area contributed by atoms with Gasteiger partial charge in [-0.15, -0.1) is 0 Å². The normalized spacial score (nSPS) is 12.5. The highest BCUT2D eigenvalue weighted by Gasteiger charge is 2.15. The maximum Gasteiger partial charge on any atom is 0.289 e. The third kappa shape index (κ3) is 2.55. The average Bonchev–Trinajstić information content (AvgIpc) is 2.51. The monoisotopic (exact) mass is 246 g/mol. The second-order valence-electron chi connectivity index (χ2n) is 2.80. The summed E-state index contributed by atoms with van der Waals surface area (Å²) in [4.78, 5) is 15.3. The predicted octanol–water partition coefficient (Wildman–Crippen LogP) is 1.50. The molecule has 0 aliphatic rings. The maximum absolute atomic E-state index is 11.4. The summed E-state index contributed by atoms with van der Waals surface area (Å²) >= 11 is 3.26. The fraction of sp³-hybridized carbons (Fsp3) is 0.500. The number of nitrogens with zero attached hydrogens (tertiary/aromatic N) is 1. The minimum Gasteiger partial charge on any atom is -0.438 e. The molecule has 5 heteroatoms. The van der Waals surface area contributed by atoms with Gasteiger partial charge in [0.2, 0.25) is 5.76 Å². The second kappa shape index (κ2) is 4.41. The van der Waals surface area contributed by atoms with Crippen molar-refractivity contribution >= 4 is 21.8 Å². The third-order valence-electron chi connectivity index (χ3n) is 1.56. The van der Waals surface area contributed by atoms with Crippen LogP contribution in [0.4, 0.5) is 0 Å². The van der Waals surface area contributed by atoms with Gasteiger partial charge in [0.25, 0.3) is 5.91 Å². The van der Waals surface area contributed by atoms with Gasteiger partial charge in [0.1, 0.15) is 0 Å². The number of carbonyl (C=O) groups is 1. The first-order valence-corrected chi connectivity index (χ1v) is 5.04. The summed E-state index contributed by atoms with van der Waals surface area (Å²) < 4.78 is 4.93. The van der Waals surface area contributed by atoms with Crippen molar-refractivity contribution in [1.82, 2.24) is 10.3 Å². The van der Waals surface area contributed by atoms with Crippen LogP contribution in [-0.2, 0) is 0 Å². The van der Waals surface area contributed by atoms with Gasteiger partial charge in [0.15, 0.2) is 6.39 Å². The van der Waals surface area contributed by atoms with Gasteiger partial charge in [0.05, 0.1) is 5.69 Å². The van der Waals surface area contributed by atoms with Crippen molar-refractivity contribution in [2.45, 2.75) is 19.9 Å². The van der Waals surface area contributed by atoms with E-state index >= 15 is 0 Å². The molecule has 1 N–H and O–H groups in total. The van der Waals surface area contributed by atoms with Gasteiger partial charge in [-0.25, -0.2) is 4.98 Å². The molecular formula is C8H11BrN2O2. The molecule has 1 unspecified atom stereocenters. The summed E-state index contributed by atoms with van der Waals surface area (Å²) in [6, 6.07) is 0.0806. The van der Waals surface area contributed by atoms with Crippen molar-refractivity contribution in [2.24, 2.45) is 0 Å². The number of rotatable bonds is 3. The van der Waals surface area contributed by atoms with Gasteiger partial charge in [0, 0.05) is 11.4 Å². The van der Waals surface area contributed by atoms with Crippen LogP contribution >= 0.6 is 15.9 Å². The van der Waals surface area contributed by atoms with E-state index < -0.39 is 0 Å². The van der Waals surface area contributed by atoms with E-state index in [9.17, 15) is 4.79 Å². The topological polar surface area (TPSA) is 55.1 Å². The van der Waals surface area contributed by atoms with Crippen LogP contribution in [0, 0.1) is 6.92 Å². The van der Waals surface area contributed by atoms with Crippen molar-refractivity contribution < 1.29 is 9.21 Å². The van der Waals surface area contributed by atoms with Gasteiger partial charge >= 0.3 is 0 Å². The molecule has 0 radical (unpaired) electrons. The van der Waals surface area contributed by atoms with Crippen molar-refractivity contribution in [3.63, 3.8) is 0 Å². The first kappa shape index (κ1) is 10.2. The van der Waals surface area contributed by atoms with E-state index in [2.05, 4.69) is 26.2 Å². The van der Waals surface area contributed by atoms with Crippen LogP contribution in [0.5, 0.6) is 0 Å². The Labute approximate surface area is 84.8 Å². The number of hydrogen-bond acceptors (Lipinski definition) is 3. The Hall–Kier alpha value is -0.840. The zero-order valence-electron chi connectivity index (χ0n) is 7.50. The average molecular weight is 247 g/mol. The zero-order chi connectivity index (χ0) is 9.84. The summed E-state index contributed by atoms with van der Waals surface area (Å²) in [7, 11) is 0. The predicted molar refractivity (Wildman–Crippen MR) is 52.0 cm³/mol. The molecule has 1 rings (SSSR count). The Balaban J connectivity index is 2.64. The SMILES string of the molecule is Cc1ncoc1C(=O)NC(C)CBr. The van der Waals surface area contributed by atoms with Gasteiger partial charge in [-0.2, -0.15) is 0 Å². The van der Waals surface area contributed by atoms with Crippen LogP contribution in [0.25, 0.3) is 0 Å². The minimum absolute atomic E-state index is 0.0806. The number of oxazole rings is 1. The largest absolute Gasteiger partial charge is 0.438 e. The fourth-order valence-corrected chi connectivity index (χ4v) is 1.01. The lowest BCUT2D eigenvalue weighted by Gasteiger charge is -2.08. The number of halogens is 1. The molecule has 1 heterocycles. The molecule has 13 heavy (non-hydrogen) atoms. The number of aromatic nitrogens is 1. The van der Waals surface area contributed by atoms with E-state index in [0.29, 0.717) is 11.0 Å². The molecule has 72 valence electrons. The Kier molecular flexibility index (Phi) is 3.48. The highest BCUT2D eigenvalue weighted by molar-refractivity contribution is 9.09. The number of amides is 1. The van der Waals surface area contributed by atoms with E-state index in [0.717, 1.165) is 0 Å². The van der Waals surface area contributed by atoms with Gasteiger partial charge in [-0.1, -0.05) is 15.9 Å². The molecule has 0 saturated carbocycles. The van der Waals surface area contributed by atoms with E-state index in [-0.39, 0.29) is 17.7 Å². The molecule has 1 aromatic rings. The van der Waals surface area contributed by atoms with Crippen LogP contribution in [0.15, 0.2) is 10.8 Å². The molecule has 1 amide bonds. The van der Waals surface area contributed by atoms with Crippen molar-refractivity contribution in [3.05, 3.63) is 17.8 Å². The Morgan fingerprint density at radius 1 is 1.85 bits per heavy atom. The summed E-state index contributed by atoms with van der Waals surface area (Å²) in [5, 5.41) is 3.47. The molecule has 0 spiro atoms. The second-order valence-corrected chi connectivity index (χ2v) is 3.44. The lowest BCUT2D eigenvalue weighted by molar-refractivity contribution is 0.0915. The van der Waals surface area contributed by atoms with Crippen LogP contribution in [0.3, 0.4) is 0 Å². The maximum atomic E-state index is 11.4. The molecule has 1 atom stereocenters. The summed E-state index contributed by atoms with van der Waals surface area (Å²) in [5.41, 5.74) is 0.610. The molecular weight excluding hydrogens is 236 g/mol.